The van der Waals surface area contributed by atoms with Gasteiger partial charge in [-0.1, -0.05) is 18.2 Å². The number of rotatable bonds is 6. The normalized spacial score (nSPS) is 11.1. The molecule has 3 heteroatoms. The van der Waals surface area contributed by atoms with Crippen LogP contribution in [0.3, 0.4) is 0 Å². The highest BCUT2D eigenvalue weighted by atomic mass is 16.3. The van der Waals surface area contributed by atoms with E-state index in [9.17, 15) is 0 Å². The lowest BCUT2D eigenvalue weighted by Gasteiger charge is -2.10. The highest BCUT2D eigenvalue weighted by Gasteiger charge is 2.01. The molecule has 0 saturated heterocycles. The average Bonchev–Trinajstić information content (AvgIpc) is 2.28. The van der Waals surface area contributed by atoms with E-state index in [-0.39, 0.29) is 13.2 Å². The van der Waals surface area contributed by atoms with E-state index in [0.29, 0.717) is 0 Å². The van der Waals surface area contributed by atoms with Crippen LogP contribution in [0, 0.1) is 0 Å². The summed E-state index contributed by atoms with van der Waals surface area (Å²) in [5.41, 5.74) is 2.95. The number of nitrogens with zero attached hydrogens (tertiary/aromatic N) is 1. The van der Waals surface area contributed by atoms with Gasteiger partial charge in [0.2, 0.25) is 0 Å². The first-order valence-electron chi connectivity index (χ1n) is 5.64. The Kier molecular flexibility index (Phi) is 5.46. The van der Waals surface area contributed by atoms with Gasteiger partial charge in [-0.25, -0.2) is 0 Å². The van der Waals surface area contributed by atoms with Crippen LogP contribution in [0.4, 0.5) is 0 Å². The first kappa shape index (κ1) is 13.2. The molecule has 0 spiro atoms. The molecule has 1 rings (SSSR count). The van der Waals surface area contributed by atoms with Gasteiger partial charge in [0.1, 0.15) is 0 Å². The summed E-state index contributed by atoms with van der Waals surface area (Å²) in [6.07, 6.45) is 2.08. The van der Waals surface area contributed by atoms with Crippen molar-refractivity contribution in [3.63, 3.8) is 0 Å². The molecule has 0 atom stereocenters. The Bertz CT molecular complexity index is 301. The molecule has 0 saturated carbocycles. The Morgan fingerprint density at radius 3 is 1.88 bits per heavy atom. The molecule has 0 bridgehead atoms. The zero-order chi connectivity index (χ0) is 12.0. The summed E-state index contributed by atoms with van der Waals surface area (Å²) >= 11 is 0. The van der Waals surface area contributed by atoms with Crippen molar-refractivity contribution in [3.05, 3.63) is 34.9 Å². The summed E-state index contributed by atoms with van der Waals surface area (Å²) < 4.78 is 0. The predicted octanol–water partition coefficient (Wildman–Crippen LogP) is 1.17. The molecular formula is C13H21NO2. The monoisotopic (exact) mass is 223 g/mol. The molecule has 0 fully saturated rings. The lowest BCUT2D eigenvalue weighted by molar-refractivity contribution is 0.275. The van der Waals surface area contributed by atoms with E-state index in [1.54, 1.807) is 0 Å². The van der Waals surface area contributed by atoms with E-state index >= 15 is 0 Å². The van der Waals surface area contributed by atoms with E-state index in [4.69, 9.17) is 10.2 Å². The summed E-state index contributed by atoms with van der Waals surface area (Å²) in [4.78, 5) is 2.16. The van der Waals surface area contributed by atoms with Crippen LogP contribution in [0.1, 0.15) is 23.1 Å². The van der Waals surface area contributed by atoms with E-state index in [1.807, 2.05) is 18.2 Å². The minimum atomic E-state index is 0.0362. The summed E-state index contributed by atoms with van der Waals surface area (Å²) in [6.45, 7) is 1.13. The third kappa shape index (κ3) is 4.31. The molecule has 0 amide bonds. The fourth-order valence-corrected chi connectivity index (χ4v) is 1.77. The second-order valence-corrected chi connectivity index (χ2v) is 4.38. The number of benzene rings is 1. The molecule has 1 aromatic rings. The van der Waals surface area contributed by atoms with E-state index in [0.717, 1.165) is 30.5 Å². The maximum Gasteiger partial charge on any atom is 0.0682 e. The number of aryl methyl sites for hydroxylation is 1. The highest BCUT2D eigenvalue weighted by Crippen LogP contribution is 2.12. The van der Waals surface area contributed by atoms with Crippen molar-refractivity contribution < 1.29 is 10.2 Å². The zero-order valence-electron chi connectivity index (χ0n) is 10.1. The van der Waals surface area contributed by atoms with Gasteiger partial charge in [0.15, 0.2) is 0 Å². The minimum absolute atomic E-state index is 0.0362. The molecular weight excluding hydrogens is 202 g/mol. The van der Waals surface area contributed by atoms with Crippen LogP contribution < -0.4 is 0 Å². The van der Waals surface area contributed by atoms with Gasteiger partial charge < -0.3 is 15.1 Å². The second-order valence-electron chi connectivity index (χ2n) is 4.38. The highest BCUT2D eigenvalue weighted by molar-refractivity contribution is 5.29. The summed E-state index contributed by atoms with van der Waals surface area (Å²) in [6, 6.07) is 5.86. The van der Waals surface area contributed by atoms with Crippen LogP contribution in [-0.4, -0.2) is 35.8 Å². The van der Waals surface area contributed by atoms with Crippen LogP contribution in [-0.2, 0) is 19.6 Å². The van der Waals surface area contributed by atoms with Crippen LogP contribution in [0.5, 0.6) is 0 Å². The predicted molar refractivity (Wildman–Crippen MR) is 65.2 cm³/mol. The third-order valence-corrected chi connectivity index (χ3v) is 2.55. The van der Waals surface area contributed by atoms with Crippen LogP contribution in [0.2, 0.25) is 0 Å². The van der Waals surface area contributed by atoms with E-state index < -0.39 is 0 Å². The van der Waals surface area contributed by atoms with Crippen molar-refractivity contribution in [3.8, 4) is 0 Å². The SMILES string of the molecule is CN(C)CCCc1cc(CO)cc(CO)c1. The molecule has 0 aliphatic heterocycles. The van der Waals surface area contributed by atoms with Gasteiger partial charge in [-0.3, -0.25) is 0 Å². The molecule has 16 heavy (non-hydrogen) atoms. The maximum absolute atomic E-state index is 9.11. The lowest BCUT2D eigenvalue weighted by atomic mass is 10.0. The van der Waals surface area contributed by atoms with Crippen LogP contribution in [0.25, 0.3) is 0 Å². The fourth-order valence-electron chi connectivity index (χ4n) is 1.77. The molecule has 0 aliphatic carbocycles. The second kappa shape index (κ2) is 6.63. The molecule has 0 radical (unpaired) electrons. The average molecular weight is 223 g/mol. The van der Waals surface area contributed by atoms with Gasteiger partial charge >= 0.3 is 0 Å². The van der Waals surface area contributed by atoms with Crippen molar-refractivity contribution in [1.82, 2.24) is 4.90 Å². The van der Waals surface area contributed by atoms with Crippen LogP contribution in [0.15, 0.2) is 18.2 Å². The molecule has 0 aliphatic rings. The summed E-state index contributed by atoms with van der Waals surface area (Å²) in [7, 11) is 4.12. The van der Waals surface area contributed by atoms with Crippen molar-refractivity contribution >= 4 is 0 Å². The Hall–Kier alpha value is -0.900. The maximum atomic E-state index is 9.11. The standard InChI is InChI=1S/C13H21NO2/c1-14(2)5-3-4-11-6-12(9-15)8-13(7-11)10-16/h6-8,15-16H,3-5,9-10H2,1-2H3. The smallest absolute Gasteiger partial charge is 0.0682 e. The van der Waals surface area contributed by atoms with Gasteiger partial charge in [0.25, 0.3) is 0 Å². The van der Waals surface area contributed by atoms with Gasteiger partial charge in [0.05, 0.1) is 13.2 Å². The van der Waals surface area contributed by atoms with Gasteiger partial charge in [-0.15, -0.1) is 0 Å². The Labute approximate surface area is 97.3 Å². The van der Waals surface area contributed by atoms with E-state index in [1.165, 1.54) is 5.56 Å². The minimum Gasteiger partial charge on any atom is -0.392 e. The Morgan fingerprint density at radius 1 is 0.938 bits per heavy atom. The summed E-state index contributed by atoms with van der Waals surface area (Å²) in [5, 5.41) is 18.2. The summed E-state index contributed by atoms with van der Waals surface area (Å²) in [5.74, 6) is 0. The largest absolute Gasteiger partial charge is 0.392 e. The quantitative estimate of drug-likeness (QED) is 0.760. The third-order valence-electron chi connectivity index (χ3n) is 2.55. The Morgan fingerprint density at radius 2 is 1.44 bits per heavy atom. The van der Waals surface area contributed by atoms with Gasteiger partial charge in [-0.05, 0) is 50.2 Å². The molecule has 90 valence electrons. The number of hydrogen-bond acceptors (Lipinski definition) is 3. The number of hydrogen-bond donors (Lipinski definition) is 2. The van der Waals surface area contributed by atoms with Gasteiger partial charge in [-0.2, -0.15) is 0 Å². The first-order valence-corrected chi connectivity index (χ1v) is 5.64. The van der Waals surface area contributed by atoms with Crippen molar-refractivity contribution in [2.45, 2.75) is 26.1 Å². The van der Waals surface area contributed by atoms with Crippen molar-refractivity contribution in [1.29, 1.82) is 0 Å². The molecule has 1 aromatic carbocycles. The van der Waals surface area contributed by atoms with E-state index in [2.05, 4.69) is 19.0 Å². The van der Waals surface area contributed by atoms with Crippen molar-refractivity contribution in [2.24, 2.45) is 0 Å². The molecule has 0 aromatic heterocycles. The first-order chi connectivity index (χ1) is 7.65. The van der Waals surface area contributed by atoms with Crippen molar-refractivity contribution in [2.75, 3.05) is 20.6 Å². The Balaban J connectivity index is 2.64. The van der Waals surface area contributed by atoms with Crippen LogP contribution >= 0.6 is 0 Å². The van der Waals surface area contributed by atoms with Gasteiger partial charge in [0, 0.05) is 0 Å². The molecule has 2 N–H and O–H groups in total. The topological polar surface area (TPSA) is 43.7 Å². The molecule has 3 nitrogen and oxygen atoms in total. The molecule has 0 unspecified atom stereocenters. The molecule has 0 heterocycles. The number of aliphatic hydroxyl groups excluding tert-OH is 2. The number of aliphatic hydroxyl groups is 2. The zero-order valence-corrected chi connectivity index (χ0v) is 10.1. The fraction of sp³-hybridized carbons (Fsp3) is 0.538. The lowest BCUT2D eigenvalue weighted by Crippen LogP contribution is -2.13.